The zero-order valence-corrected chi connectivity index (χ0v) is 13.3. The Morgan fingerprint density at radius 3 is 2.67 bits per heavy atom. The molecule has 5 nitrogen and oxygen atoms in total. The van der Waals surface area contributed by atoms with Gasteiger partial charge >= 0.3 is 0 Å². The molecule has 3 aromatic rings. The molecule has 0 fully saturated rings. The number of nitrogens with zero attached hydrogens (tertiary/aromatic N) is 3. The Balaban J connectivity index is 1.81. The predicted molar refractivity (Wildman–Crippen MR) is 86.6 cm³/mol. The van der Waals surface area contributed by atoms with E-state index < -0.39 is 0 Å². The molecular formula is C18H16FN3O2. The molecule has 0 bridgehead atoms. The summed E-state index contributed by atoms with van der Waals surface area (Å²) in [6.45, 7) is 1.91. The van der Waals surface area contributed by atoms with Crippen LogP contribution >= 0.6 is 0 Å². The number of carbonyl (C=O) groups is 1. The van der Waals surface area contributed by atoms with Crippen LogP contribution in [0.2, 0.25) is 0 Å². The molecule has 0 unspecified atom stereocenters. The lowest BCUT2D eigenvalue weighted by Crippen LogP contribution is -2.29. The molecule has 0 N–H and O–H groups in total. The van der Waals surface area contributed by atoms with Crippen molar-refractivity contribution < 1.29 is 13.7 Å². The van der Waals surface area contributed by atoms with Gasteiger partial charge in [0, 0.05) is 31.1 Å². The third-order valence-electron chi connectivity index (χ3n) is 3.93. The largest absolute Gasteiger partial charge is 0.350 e. The molecule has 2 aromatic heterocycles. The van der Waals surface area contributed by atoms with Crippen LogP contribution in [0.5, 0.6) is 0 Å². The third-order valence-corrected chi connectivity index (χ3v) is 3.93. The maximum Gasteiger partial charge on any atom is 0.292 e. The molecule has 3 rings (SSSR count). The number of pyridine rings is 1. The summed E-state index contributed by atoms with van der Waals surface area (Å²) in [4.78, 5) is 18.1. The van der Waals surface area contributed by atoms with Crippen molar-refractivity contribution in [1.82, 2.24) is 15.0 Å². The molecule has 24 heavy (non-hydrogen) atoms. The fourth-order valence-corrected chi connectivity index (χ4v) is 2.38. The minimum absolute atomic E-state index is 0.109. The van der Waals surface area contributed by atoms with Crippen LogP contribution in [0.25, 0.3) is 11.3 Å². The maximum atomic E-state index is 13.3. The Morgan fingerprint density at radius 2 is 1.96 bits per heavy atom. The number of carbonyl (C=O) groups excluding carboxylic acids is 1. The summed E-state index contributed by atoms with van der Waals surface area (Å²) in [7, 11) is 1.69. The van der Waals surface area contributed by atoms with E-state index in [-0.39, 0.29) is 23.5 Å². The molecular weight excluding hydrogens is 309 g/mol. The van der Waals surface area contributed by atoms with Gasteiger partial charge in [0.15, 0.2) is 0 Å². The van der Waals surface area contributed by atoms with E-state index in [0.717, 1.165) is 5.56 Å². The standard InChI is InChI=1S/C18H16FN3O2/c1-12(13-6-8-20-9-7-13)22(2)18(23)17-11-16(21-24-17)14-4-3-5-15(19)10-14/h3-12H,1-2H3/t12-/m1/s1. The average Bonchev–Trinajstić information content (AvgIpc) is 3.10. The number of rotatable bonds is 4. The van der Waals surface area contributed by atoms with E-state index in [2.05, 4.69) is 10.1 Å². The Bertz CT molecular complexity index is 848. The summed E-state index contributed by atoms with van der Waals surface area (Å²) < 4.78 is 18.5. The van der Waals surface area contributed by atoms with Gasteiger partial charge in [-0.2, -0.15) is 0 Å². The smallest absolute Gasteiger partial charge is 0.292 e. The zero-order valence-electron chi connectivity index (χ0n) is 13.3. The van der Waals surface area contributed by atoms with Crippen LogP contribution in [0, 0.1) is 5.82 Å². The molecule has 1 aromatic carbocycles. The maximum absolute atomic E-state index is 13.3. The molecule has 1 atom stereocenters. The van der Waals surface area contributed by atoms with Gasteiger partial charge in [0.25, 0.3) is 5.91 Å². The Morgan fingerprint density at radius 1 is 1.21 bits per heavy atom. The molecule has 0 aliphatic heterocycles. The quantitative estimate of drug-likeness (QED) is 0.734. The van der Waals surface area contributed by atoms with Crippen molar-refractivity contribution in [1.29, 1.82) is 0 Å². The summed E-state index contributed by atoms with van der Waals surface area (Å²) in [6.07, 6.45) is 3.36. The first kappa shape index (κ1) is 15.9. The number of aromatic nitrogens is 2. The first-order chi connectivity index (χ1) is 11.6. The predicted octanol–water partition coefficient (Wildman–Crippen LogP) is 3.71. The lowest BCUT2D eigenvalue weighted by atomic mass is 10.1. The molecule has 0 saturated heterocycles. The van der Waals surface area contributed by atoms with E-state index in [9.17, 15) is 9.18 Å². The molecule has 0 aliphatic carbocycles. The fraction of sp³-hybridized carbons (Fsp3) is 0.167. The van der Waals surface area contributed by atoms with Gasteiger partial charge in [-0.25, -0.2) is 4.39 Å². The van der Waals surface area contributed by atoms with Gasteiger partial charge in [0.1, 0.15) is 11.5 Å². The van der Waals surface area contributed by atoms with E-state index >= 15 is 0 Å². The van der Waals surface area contributed by atoms with E-state index in [1.165, 1.54) is 18.2 Å². The van der Waals surface area contributed by atoms with Gasteiger partial charge in [-0.3, -0.25) is 9.78 Å². The van der Waals surface area contributed by atoms with Crippen LogP contribution in [0.3, 0.4) is 0 Å². The molecule has 6 heteroatoms. The van der Waals surface area contributed by atoms with E-state index in [4.69, 9.17) is 4.52 Å². The molecule has 2 heterocycles. The average molecular weight is 325 g/mol. The second-order valence-electron chi connectivity index (χ2n) is 5.46. The van der Waals surface area contributed by atoms with Gasteiger partial charge in [-0.05, 0) is 36.8 Å². The highest BCUT2D eigenvalue weighted by Gasteiger charge is 2.23. The fourth-order valence-electron chi connectivity index (χ4n) is 2.38. The summed E-state index contributed by atoms with van der Waals surface area (Å²) in [5.41, 5.74) is 1.94. The second-order valence-corrected chi connectivity index (χ2v) is 5.46. The Kier molecular flexibility index (Phi) is 4.37. The zero-order chi connectivity index (χ0) is 17.1. The van der Waals surface area contributed by atoms with Gasteiger partial charge < -0.3 is 9.42 Å². The summed E-state index contributed by atoms with van der Waals surface area (Å²) in [6, 6.07) is 11.1. The minimum atomic E-state index is -0.369. The van der Waals surface area contributed by atoms with Crippen molar-refractivity contribution >= 4 is 5.91 Å². The highest BCUT2D eigenvalue weighted by atomic mass is 19.1. The molecule has 0 radical (unpaired) electrons. The Labute approximate surface area is 138 Å². The van der Waals surface area contributed by atoms with Crippen molar-refractivity contribution in [3.63, 3.8) is 0 Å². The van der Waals surface area contributed by atoms with Crippen LogP contribution in [0.1, 0.15) is 29.1 Å². The number of hydrogen-bond acceptors (Lipinski definition) is 4. The van der Waals surface area contributed by atoms with Crippen LogP contribution in [0.4, 0.5) is 4.39 Å². The highest BCUT2D eigenvalue weighted by molar-refractivity contribution is 5.92. The number of amides is 1. The summed E-state index contributed by atoms with van der Waals surface area (Å²) >= 11 is 0. The highest BCUT2D eigenvalue weighted by Crippen LogP contribution is 2.23. The van der Waals surface area contributed by atoms with Crippen LogP contribution in [0.15, 0.2) is 59.4 Å². The lowest BCUT2D eigenvalue weighted by Gasteiger charge is -2.23. The van der Waals surface area contributed by atoms with Gasteiger partial charge in [0.05, 0.1) is 6.04 Å². The van der Waals surface area contributed by atoms with Crippen molar-refractivity contribution in [3.05, 3.63) is 72.0 Å². The summed E-state index contributed by atoms with van der Waals surface area (Å²) in [5.74, 6) is -0.557. The van der Waals surface area contributed by atoms with Gasteiger partial charge in [-0.15, -0.1) is 0 Å². The Hall–Kier alpha value is -3.02. The minimum Gasteiger partial charge on any atom is -0.350 e. The van der Waals surface area contributed by atoms with Crippen LogP contribution in [-0.2, 0) is 0 Å². The van der Waals surface area contributed by atoms with E-state index in [1.807, 2.05) is 19.1 Å². The molecule has 122 valence electrons. The molecule has 0 spiro atoms. The molecule has 0 saturated carbocycles. The van der Waals surface area contributed by atoms with Crippen molar-refractivity contribution in [2.24, 2.45) is 0 Å². The molecule has 0 aliphatic rings. The normalized spacial score (nSPS) is 12.0. The van der Waals surface area contributed by atoms with E-state index in [1.54, 1.807) is 36.5 Å². The second kappa shape index (κ2) is 6.62. The van der Waals surface area contributed by atoms with Crippen molar-refractivity contribution in [2.75, 3.05) is 7.05 Å². The first-order valence-electron chi connectivity index (χ1n) is 7.46. The van der Waals surface area contributed by atoms with Crippen molar-refractivity contribution in [2.45, 2.75) is 13.0 Å². The number of halogens is 1. The number of hydrogen-bond donors (Lipinski definition) is 0. The van der Waals surface area contributed by atoms with Gasteiger partial charge in [-0.1, -0.05) is 17.3 Å². The third kappa shape index (κ3) is 3.17. The SMILES string of the molecule is C[C@H](c1ccncc1)N(C)C(=O)c1cc(-c2cccc(F)c2)no1. The first-order valence-corrected chi connectivity index (χ1v) is 7.46. The van der Waals surface area contributed by atoms with Crippen LogP contribution in [-0.4, -0.2) is 28.0 Å². The van der Waals surface area contributed by atoms with E-state index in [0.29, 0.717) is 11.3 Å². The topological polar surface area (TPSA) is 59.2 Å². The number of benzene rings is 1. The lowest BCUT2D eigenvalue weighted by molar-refractivity contribution is 0.0700. The van der Waals surface area contributed by atoms with Crippen LogP contribution < -0.4 is 0 Å². The monoisotopic (exact) mass is 325 g/mol. The van der Waals surface area contributed by atoms with Crippen molar-refractivity contribution in [3.8, 4) is 11.3 Å². The molecule has 1 amide bonds. The summed E-state index contributed by atoms with van der Waals surface area (Å²) in [5, 5.41) is 3.86. The van der Waals surface area contributed by atoms with Gasteiger partial charge in [0.2, 0.25) is 5.76 Å².